The second kappa shape index (κ2) is 2.97. The van der Waals surface area contributed by atoms with Crippen molar-refractivity contribution in [2.45, 2.75) is 6.04 Å². The number of carbonyl (C=O) groups excluding carboxylic acids is 1. The fraction of sp³-hybridized carbons (Fsp3) is 0.111. The zero-order chi connectivity index (χ0) is 9.26. The van der Waals surface area contributed by atoms with E-state index in [0.29, 0.717) is 11.3 Å². The highest BCUT2D eigenvalue weighted by Gasteiger charge is 2.16. The lowest BCUT2D eigenvalue weighted by atomic mass is 10.1. The van der Waals surface area contributed by atoms with Crippen LogP contribution in [-0.2, 0) is 4.79 Å². The summed E-state index contributed by atoms with van der Waals surface area (Å²) >= 11 is 0. The Morgan fingerprint density at radius 3 is 3.15 bits per heavy atom. The van der Waals surface area contributed by atoms with Crippen LogP contribution in [0.25, 0.3) is 0 Å². The Kier molecular flexibility index (Phi) is 1.81. The van der Waals surface area contributed by atoms with Crippen molar-refractivity contribution in [2.24, 2.45) is 4.99 Å². The van der Waals surface area contributed by atoms with Crippen molar-refractivity contribution in [1.82, 2.24) is 5.32 Å². The van der Waals surface area contributed by atoms with Crippen LogP contribution < -0.4 is 5.32 Å². The number of hydrogen-bond donors (Lipinski definition) is 1. The summed E-state index contributed by atoms with van der Waals surface area (Å²) < 4.78 is 12.7. The van der Waals surface area contributed by atoms with E-state index in [9.17, 15) is 9.18 Å². The first-order valence-corrected chi connectivity index (χ1v) is 3.84. The molecule has 0 saturated heterocycles. The van der Waals surface area contributed by atoms with Gasteiger partial charge in [-0.1, -0.05) is 6.07 Å². The van der Waals surface area contributed by atoms with E-state index in [1.54, 1.807) is 6.07 Å². The van der Waals surface area contributed by atoms with Gasteiger partial charge in [0.05, 0.1) is 12.0 Å². The number of rotatable bonds is 1. The zero-order valence-corrected chi connectivity index (χ0v) is 6.70. The highest BCUT2D eigenvalue weighted by atomic mass is 19.1. The Labute approximate surface area is 74.3 Å². The summed E-state index contributed by atoms with van der Waals surface area (Å²) in [6.07, 6.45) is 2.17. The van der Waals surface area contributed by atoms with Crippen LogP contribution in [0.4, 0.5) is 10.1 Å². The number of hydrogen-bond acceptors (Lipinski definition) is 3. The van der Waals surface area contributed by atoms with E-state index < -0.39 is 6.04 Å². The summed E-state index contributed by atoms with van der Waals surface area (Å²) in [5.74, 6) is -0.345. The summed E-state index contributed by atoms with van der Waals surface area (Å²) in [6, 6.07) is 3.78. The molecule has 0 bridgehead atoms. The monoisotopic (exact) mass is 178 g/mol. The molecule has 1 atom stereocenters. The maximum absolute atomic E-state index is 12.7. The van der Waals surface area contributed by atoms with Gasteiger partial charge in [0.25, 0.3) is 0 Å². The van der Waals surface area contributed by atoms with Crippen molar-refractivity contribution in [2.75, 3.05) is 0 Å². The van der Waals surface area contributed by atoms with E-state index in [2.05, 4.69) is 10.3 Å². The van der Waals surface area contributed by atoms with Gasteiger partial charge < -0.3 is 10.1 Å². The van der Waals surface area contributed by atoms with Gasteiger partial charge in [0, 0.05) is 5.56 Å². The maximum Gasteiger partial charge on any atom is 0.146 e. The van der Waals surface area contributed by atoms with Crippen molar-refractivity contribution in [1.29, 1.82) is 0 Å². The minimum Gasteiger partial charge on any atom is -0.363 e. The van der Waals surface area contributed by atoms with E-state index in [4.69, 9.17) is 0 Å². The lowest BCUT2D eigenvalue weighted by Crippen LogP contribution is -2.23. The lowest BCUT2D eigenvalue weighted by Gasteiger charge is -2.17. The fourth-order valence-corrected chi connectivity index (χ4v) is 1.28. The molecule has 0 amide bonds. The number of fused-ring (bicyclic) bond motifs is 1. The molecule has 0 saturated carbocycles. The first kappa shape index (κ1) is 7.91. The van der Waals surface area contributed by atoms with Gasteiger partial charge >= 0.3 is 0 Å². The molecule has 1 heterocycles. The largest absolute Gasteiger partial charge is 0.363 e. The summed E-state index contributed by atoms with van der Waals surface area (Å²) in [5, 5.41) is 2.76. The Bertz CT molecular complexity index is 376. The third kappa shape index (κ3) is 1.30. The fourth-order valence-electron chi connectivity index (χ4n) is 1.28. The van der Waals surface area contributed by atoms with Gasteiger partial charge in [0.1, 0.15) is 18.1 Å². The van der Waals surface area contributed by atoms with E-state index in [-0.39, 0.29) is 5.82 Å². The zero-order valence-electron chi connectivity index (χ0n) is 6.70. The van der Waals surface area contributed by atoms with Crippen LogP contribution in [0.3, 0.4) is 0 Å². The van der Waals surface area contributed by atoms with Gasteiger partial charge in [0.2, 0.25) is 0 Å². The highest BCUT2D eigenvalue weighted by Crippen LogP contribution is 2.27. The van der Waals surface area contributed by atoms with Gasteiger partial charge in [0.15, 0.2) is 0 Å². The molecule has 0 fully saturated rings. The summed E-state index contributed by atoms with van der Waals surface area (Å²) in [7, 11) is 0. The Balaban J connectivity index is 2.53. The smallest absolute Gasteiger partial charge is 0.146 e. The molecule has 0 aliphatic carbocycles. The third-order valence-corrected chi connectivity index (χ3v) is 1.92. The van der Waals surface area contributed by atoms with Gasteiger partial charge in [-0.15, -0.1) is 0 Å². The summed E-state index contributed by atoms with van der Waals surface area (Å²) in [5.41, 5.74) is 1.22. The molecule has 1 aliphatic rings. The number of nitrogens with one attached hydrogen (secondary N) is 1. The number of halogens is 1. The maximum atomic E-state index is 12.7. The predicted molar refractivity (Wildman–Crippen MR) is 46.5 cm³/mol. The number of aldehydes is 1. The van der Waals surface area contributed by atoms with Crippen molar-refractivity contribution in [3.05, 3.63) is 29.6 Å². The molecule has 0 spiro atoms. The van der Waals surface area contributed by atoms with Crippen LogP contribution in [0.5, 0.6) is 0 Å². The number of aliphatic imine (C=N–C) groups is 1. The van der Waals surface area contributed by atoms with E-state index in [0.717, 1.165) is 6.29 Å². The van der Waals surface area contributed by atoms with Gasteiger partial charge in [-0.2, -0.15) is 0 Å². The molecule has 0 aromatic heterocycles. The van der Waals surface area contributed by atoms with Crippen molar-refractivity contribution in [3.63, 3.8) is 0 Å². The van der Waals surface area contributed by atoms with Gasteiger partial charge in [-0.25, -0.2) is 9.38 Å². The Morgan fingerprint density at radius 2 is 2.38 bits per heavy atom. The molecule has 3 nitrogen and oxygen atoms in total. The van der Waals surface area contributed by atoms with Crippen LogP contribution in [0.15, 0.2) is 23.2 Å². The number of nitrogens with zero attached hydrogens (tertiary/aromatic N) is 1. The highest BCUT2D eigenvalue weighted by molar-refractivity contribution is 5.77. The molecular weight excluding hydrogens is 171 g/mol. The molecule has 1 aromatic rings. The molecule has 0 radical (unpaired) electrons. The molecule has 2 rings (SSSR count). The molecular formula is C9H7FN2O. The molecule has 66 valence electrons. The van der Waals surface area contributed by atoms with E-state index in [1.807, 2.05) is 0 Å². The van der Waals surface area contributed by atoms with Crippen LogP contribution in [0, 0.1) is 5.82 Å². The predicted octanol–water partition coefficient (Wildman–Crippen LogP) is 1.33. The first-order chi connectivity index (χ1) is 6.31. The average molecular weight is 178 g/mol. The number of benzene rings is 1. The van der Waals surface area contributed by atoms with Crippen LogP contribution in [0.1, 0.15) is 11.6 Å². The normalized spacial score (nSPS) is 19.0. The minimum absolute atomic E-state index is 0.345. The Hall–Kier alpha value is -1.71. The van der Waals surface area contributed by atoms with E-state index >= 15 is 0 Å². The van der Waals surface area contributed by atoms with Crippen molar-refractivity contribution in [3.8, 4) is 0 Å². The number of carbonyl (C=O) groups is 1. The molecule has 13 heavy (non-hydrogen) atoms. The SMILES string of the molecule is O=CC1NC=Nc2cc(F)ccc21. The van der Waals surface area contributed by atoms with E-state index in [1.165, 1.54) is 18.5 Å². The molecule has 1 aliphatic heterocycles. The van der Waals surface area contributed by atoms with Gasteiger partial charge in [-0.05, 0) is 12.1 Å². The molecule has 1 unspecified atom stereocenters. The first-order valence-electron chi connectivity index (χ1n) is 3.84. The van der Waals surface area contributed by atoms with Crippen molar-refractivity contribution >= 4 is 18.3 Å². The lowest BCUT2D eigenvalue weighted by molar-refractivity contribution is -0.109. The second-order valence-corrected chi connectivity index (χ2v) is 2.74. The standard InChI is InChI=1S/C9H7FN2O/c10-6-1-2-7-8(3-6)11-5-12-9(7)4-13/h1-5,9H,(H,11,12). The van der Waals surface area contributed by atoms with Gasteiger partial charge in [-0.3, -0.25) is 0 Å². The average Bonchev–Trinajstić information content (AvgIpc) is 2.16. The topological polar surface area (TPSA) is 41.5 Å². The summed E-state index contributed by atoms with van der Waals surface area (Å²) in [6.45, 7) is 0. The minimum atomic E-state index is -0.409. The Morgan fingerprint density at radius 1 is 1.54 bits per heavy atom. The van der Waals surface area contributed by atoms with Crippen LogP contribution in [-0.4, -0.2) is 12.6 Å². The van der Waals surface area contributed by atoms with Crippen LogP contribution in [0.2, 0.25) is 0 Å². The molecule has 1 N–H and O–H groups in total. The molecule has 1 aromatic carbocycles. The van der Waals surface area contributed by atoms with Crippen molar-refractivity contribution < 1.29 is 9.18 Å². The third-order valence-electron chi connectivity index (χ3n) is 1.92. The van der Waals surface area contributed by atoms with Crippen LogP contribution >= 0.6 is 0 Å². The quantitative estimate of drug-likeness (QED) is 0.659. The second-order valence-electron chi connectivity index (χ2n) is 2.74. The molecule has 4 heteroatoms. The summed E-state index contributed by atoms with van der Waals surface area (Å²) in [4.78, 5) is 14.5.